The summed E-state index contributed by atoms with van der Waals surface area (Å²) in [6, 6.07) is 4.06. The molecule has 5 heteroatoms. The van der Waals surface area contributed by atoms with Gasteiger partial charge in [0.05, 0.1) is 5.41 Å². The highest BCUT2D eigenvalue weighted by Gasteiger charge is 2.79. The van der Waals surface area contributed by atoms with Crippen molar-refractivity contribution < 1.29 is 9.53 Å². The van der Waals surface area contributed by atoms with Crippen LogP contribution < -0.4 is 0 Å². The van der Waals surface area contributed by atoms with E-state index in [4.69, 9.17) is 4.74 Å². The molecule has 0 N–H and O–H groups in total. The van der Waals surface area contributed by atoms with Crippen LogP contribution in [0.15, 0.2) is 53.6 Å². The molecule has 0 amide bonds. The SMILES string of the molecule is O=C1C2C3=C(OC4C=C/C(=C/c5cccnc5)C4C3)C3C4CC(C2C4Br)C13CBr. The molecule has 3 fully saturated rings. The van der Waals surface area contributed by atoms with Gasteiger partial charge in [0.2, 0.25) is 0 Å². The minimum atomic E-state index is -0.216. The lowest BCUT2D eigenvalue weighted by Gasteiger charge is -2.45. The average Bonchev–Trinajstić information content (AvgIpc) is 3.39. The molecule has 2 heterocycles. The minimum Gasteiger partial charge on any atom is -0.490 e. The Morgan fingerprint density at radius 1 is 1.38 bits per heavy atom. The number of ether oxygens (including phenoxy) is 1. The van der Waals surface area contributed by atoms with Crippen molar-refractivity contribution in [2.75, 3.05) is 5.33 Å². The van der Waals surface area contributed by atoms with Gasteiger partial charge in [-0.25, -0.2) is 0 Å². The van der Waals surface area contributed by atoms with Crippen molar-refractivity contribution in [1.82, 2.24) is 4.98 Å². The van der Waals surface area contributed by atoms with E-state index in [1.807, 2.05) is 12.3 Å². The first-order chi connectivity index (χ1) is 14.1. The topological polar surface area (TPSA) is 39.2 Å². The molecule has 6 aliphatic rings. The van der Waals surface area contributed by atoms with Crippen LogP contribution in [0.3, 0.4) is 0 Å². The number of nitrogens with zero attached hydrogens (tertiary/aromatic N) is 1. The average molecular weight is 515 g/mol. The Morgan fingerprint density at radius 2 is 2.28 bits per heavy atom. The van der Waals surface area contributed by atoms with Gasteiger partial charge < -0.3 is 4.74 Å². The minimum absolute atomic E-state index is 0.0573. The van der Waals surface area contributed by atoms with E-state index in [1.54, 1.807) is 6.20 Å². The van der Waals surface area contributed by atoms with Crippen LogP contribution in [-0.2, 0) is 9.53 Å². The summed E-state index contributed by atoms with van der Waals surface area (Å²) in [6.07, 6.45) is 12.6. The van der Waals surface area contributed by atoms with E-state index < -0.39 is 0 Å². The number of halogens is 2. The third-order valence-electron chi connectivity index (χ3n) is 8.76. The van der Waals surface area contributed by atoms with Crippen LogP contribution in [0.2, 0.25) is 0 Å². The molecule has 3 saturated carbocycles. The van der Waals surface area contributed by atoms with Crippen LogP contribution in [0, 0.1) is 40.9 Å². The van der Waals surface area contributed by atoms with E-state index in [2.05, 4.69) is 61.1 Å². The predicted molar refractivity (Wildman–Crippen MR) is 117 cm³/mol. The van der Waals surface area contributed by atoms with Crippen molar-refractivity contribution >= 4 is 43.7 Å². The van der Waals surface area contributed by atoms with Gasteiger partial charge in [-0.1, -0.05) is 44.0 Å². The van der Waals surface area contributed by atoms with Crippen LogP contribution in [0.25, 0.3) is 6.08 Å². The maximum atomic E-state index is 13.7. The highest BCUT2D eigenvalue weighted by atomic mass is 79.9. The van der Waals surface area contributed by atoms with Gasteiger partial charge in [0.25, 0.3) is 0 Å². The van der Waals surface area contributed by atoms with Gasteiger partial charge in [-0.3, -0.25) is 9.78 Å². The monoisotopic (exact) mass is 513 g/mol. The second kappa shape index (κ2) is 5.73. The van der Waals surface area contributed by atoms with Gasteiger partial charge >= 0.3 is 0 Å². The molecule has 29 heavy (non-hydrogen) atoms. The molecule has 3 nitrogen and oxygen atoms in total. The third-order valence-corrected chi connectivity index (χ3v) is 11.0. The van der Waals surface area contributed by atoms with Gasteiger partial charge in [-0.05, 0) is 65.5 Å². The van der Waals surface area contributed by atoms with Crippen LogP contribution in [-0.4, -0.2) is 27.0 Å². The number of ketones is 1. The molecule has 0 aromatic carbocycles. The van der Waals surface area contributed by atoms with E-state index in [0.717, 1.165) is 17.3 Å². The Kier molecular flexibility index (Phi) is 3.45. The molecular formula is C24H21Br2NO2. The Morgan fingerprint density at radius 3 is 3.07 bits per heavy atom. The molecular weight excluding hydrogens is 494 g/mol. The van der Waals surface area contributed by atoms with E-state index in [-0.39, 0.29) is 23.4 Å². The summed E-state index contributed by atoms with van der Waals surface area (Å²) in [4.78, 5) is 18.4. The number of hydrogen-bond donors (Lipinski definition) is 0. The molecule has 148 valence electrons. The zero-order valence-corrected chi connectivity index (χ0v) is 19.0. The third kappa shape index (κ3) is 1.91. The quantitative estimate of drug-likeness (QED) is 0.525. The lowest BCUT2D eigenvalue weighted by molar-refractivity contribution is -0.132. The molecule has 0 saturated heterocycles. The molecule has 5 aliphatic carbocycles. The van der Waals surface area contributed by atoms with Crippen molar-refractivity contribution in [2.24, 2.45) is 40.9 Å². The molecule has 1 aliphatic heterocycles. The van der Waals surface area contributed by atoms with E-state index >= 15 is 0 Å². The lowest BCUT2D eigenvalue weighted by atomic mass is 9.64. The van der Waals surface area contributed by atoms with Crippen molar-refractivity contribution in [1.29, 1.82) is 0 Å². The number of carbonyl (C=O) groups excluding carboxylic acids is 1. The summed E-state index contributed by atoms with van der Waals surface area (Å²) in [6.45, 7) is 0. The lowest BCUT2D eigenvalue weighted by Crippen LogP contribution is -2.48. The summed E-state index contributed by atoms with van der Waals surface area (Å²) >= 11 is 7.78. The number of fused-ring (bicyclic) bond motifs is 5. The fourth-order valence-electron chi connectivity index (χ4n) is 7.79. The number of hydrogen-bond acceptors (Lipinski definition) is 3. The summed E-state index contributed by atoms with van der Waals surface area (Å²) in [5.74, 6) is 3.82. The van der Waals surface area contributed by atoms with Crippen molar-refractivity contribution in [3.8, 4) is 0 Å². The van der Waals surface area contributed by atoms with Gasteiger partial charge in [0.1, 0.15) is 17.6 Å². The fraction of sp³-hybridized carbons (Fsp3) is 0.500. The molecule has 7 rings (SSSR count). The van der Waals surface area contributed by atoms with E-state index in [0.29, 0.717) is 34.3 Å². The Hall–Kier alpha value is -1.20. The highest BCUT2D eigenvalue weighted by Crippen LogP contribution is 2.77. The summed E-state index contributed by atoms with van der Waals surface area (Å²) in [5, 5.41) is 0.785. The van der Waals surface area contributed by atoms with Crippen LogP contribution in [0.5, 0.6) is 0 Å². The Labute approximate surface area is 186 Å². The van der Waals surface area contributed by atoms with Gasteiger partial charge in [0.15, 0.2) is 0 Å². The molecule has 9 atom stereocenters. The zero-order chi connectivity index (χ0) is 19.5. The summed E-state index contributed by atoms with van der Waals surface area (Å²) in [7, 11) is 0. The molecule has 0 spiro atoms. The second-order valence-corrected chi connectivity index (χ2v) is 11.2. The number of allylic oxidation sites excluding steroid dienone is 3. The number of alkyl halides is 2. The number of carbonyl (C=O) groups is 1. The van der Waals surface area contributed by atoms with Gasteiger partial charge in [0, 0.05) is 40.3 Å². The van der Waals surface area contributed by atoms with Crippen LogP contribution in [0.1, 0.15) is 18.4 Å². The molecule has 0 radical (unpaired) electrons. The largest absolute Gasteiger partial charge is 0.490 e. The number of Topliss-reactive ketones (excluding diaryl/α,β-unsaturated/α-hetero) is 1. The van der Waals surface area contributed by atoms with E-state index in [1.165, 1.54) is 23.3 Å². The van der Waals surface area contributed by atoms with Gasteiger partial charge in [-0.2, -0.15) is 0 Å². The van der Waals surface area contributed by atoms with Crippen LogP contribution >= 0.6 is 31.9 Å². The standard InChI is InChI=1S/C24H21Br2NO2/c25-10-24-16-8-15-20(24)22-14(18(23(24)28)19(16)21(15)26)7-13-12(3-4-17(13)29-22)6-11-2-1-5-27-9-11/h1-6,9,13,15-21H,7-8,10H2/b12-6-. The van der Waals surface area contributed by atoms with E-state index in [9.17, 15) is 4.79 Å². The maximum Gasteiger partial charge on any atom is 0.148 e. The first-order valence-electron chi connectivity index (χ1n) is 10.6. The predicted octanol–water partition coefficient (Wildman–Crippen LogP) is 4.93. The number of pyridine rings is 1. The van der Waals surface area contributed by atoms with Crippen molar-refractivity contribution in [3.05, 3.63) is 59.1 Å². The van der Waals surface area contributed by atoms with Gasteiger partial charge in [-0.15, -0.1) is 0 Å². The molecule has 1 aromatic heterocycles. The highest BCUT2D eigenvalue weighted by molar-refractivity contribution is 9.09. The first kappa shape index (κ1) is 17.5. The van der Waals surface area contributed by atoms with Crippen LogP contribution in [0.4, 0.5) is 0 Å². The Balaban J connectivity index is 1.32. The van der Waals surface area contributed by atoms with Crippen molar-refractivity contribution in [3.63, 3.8) is 0 Å². The molecule has 5 bridgehead atoms. The fourth-order valence-corrected chi connectivity index (χ4v) is 10.0. The summed E-state index contributed by atoms with van der Waals surface area (Å²) in [5.41, 5.74) is 3.53. The number of aromatic nitrogens is 1. The second-order valence-electron chi connectivity index (χ2n) is 9.59. The first-order valence-corrected chi connectivity index (χ1v) is 12.6. The maximum absolute atomic E-state index is 13.7. The number of rotatable bonds is 2. The smallest absolute Gasteiger partial charge is 0.148 e. The molecule has 1 aromatic rings. The zero-order valence-electron chi connectivity index (χ0n) is 15.8. The Bertz CT molecular complexity index is 1030. The summed E-state index contributed by atoms with van der Waals surface area (Å²) < 4.78 is 6.76. The molecule has 9 unspecified atom stereocenters. The normalized spacial score (nSPS) is 49.2. The van der Waals surface area contributed by atoms with Crippen molar-refractivity contribution in [2.45, 2.75) is 23.8 Å².